The first-order valence-corrected chi connectivity index (χ1v) is 12.5. The van der Waals surface area contributed by atoms with Crippen LogP contribution >= 0.6 is 0 Å². The molecule has 0 aliphatic carbocycles. The van der Waals surface area contributed by atoms with Gasteiger partial charge in [-0.3, -0.25) is 0 Å². The summed E-state index contributed by atoms with van der Waals surface area (Å²) in [4.78, 5) is 7.08. The summed E-state index contributed by atoms with van der Waals surface area (Å²) in [5.41, 5.74) is 3.20. The predicted molar refractivity (Wildman–Crippen MR) is 121 cm³/mol. The van der Waals surface area contributed by atoms with Gasteiger partial charge in [0.15, 0.2) is 0 Å². The number of hydrogen-bond acceptors (Lipinski definition) is 5. The zero-order valence-electron chi connectivity index (χ0n) is 18.1. The van der Waals surface area contributed by atoms with Gasteiger partial charge >= 0.3 is 0 Å². The molecule has 0 spiro atoms. The smallest absolute Gasteiger partial charge is 0.243 e. The van der Waals surface area contributed by atoms with Gasteiger partial charge in [0.25, 0.3) is 0 Å². The first-order chi connectivity index (χ1) is 15.5. The largest absolute Gasteiger partial charge is 0.379 e. The molecule has 0 saturated carbocycles. The molecule has 1 fully saturated rings. The van der Waals surface area contributed by atoms with Crippen LogP contribution in [-0.4, -0.2) is 55.1 Å². The summed E-state index contributed by atoms with van der Waals surface area (Å²) < 4.78 is 49.6. The van der Waals surface area contributed by atoms with Crippen molar-refractivity contribution < 1.29 is 17.5 Å². The number of ether oxygens (including phenoxy) is 1. The van der Waals surface area contributed by atoms with Gasteiger partial charge in [0, 0.05) is 26.2 Å². The van der Waals surface area contributed by atoms with Gasteiger partial charge in [0.05, 0.1) is 41.4 Å². The molecule has 32 heavy (non-hydrogen) atoms. The minimum Gasteiger partial charge on any atom is -0.379 e. The number of para-hydroxylation sites is 1. The first-order valence-electron chi connectivity index (χ1n) is 11.1. The van der Waals surface area contributed by atoms with Crippen LogP contribution in [0, 0.1) is 5.82 Å². The Morgan fingerprint density at radius 2 is 1.94 bits per heavy atom. The van der Waals surface area contributed by atoms with E-state index in [1.165, 1.54) is 10.4 Å². The molecule has 3 aromatic rings. The number of fused-ring (bicyclic) bond motifs is 2. The number of rotatable bonds is 5. The van der Waals surface area contributed by atoms with E-state index in [-0.39, 0.29) is 10.7 Å². The van der Waals surface area contributed by atoms with Crippen molar-refractivity contribution in [1.82, 2.24) is 13.9 Å². The quantitative estimate of drug-likeness (QED) is 0.588. The minimum absolute atomic E-state index is 0.208. The van der Waals surface area contributed by atoms with Crippen molar-refractivity contribution in [1.29, 1.82) is 0 Å². The number of halogens is 1. The topological polar surface area (TPSA) is 67.7 Å². The van der Waals surface area contributed by atoms with Gasteiger partial charge < -0.3 is 14.2 Å². The van der Waals surface area contributed by atoms with Gasteiger partial charge in [-0.25, -0.2) is 17.8 Å². The lowest BCUT2D eigenvalue weighted by Gasteiger charge is -2.31. The molecule has 2 aromatic carbocycles. The molecule has 5 rings (SSSR count). The van der Waals surface area contributed by atoms with Crippen LogP contribution in [0.3, 0.4) is 0 Å². The van der Waals surface area contributed by atoms with Crippen LogP contribution in [0.25, 0.3) is 11.0 Å². The number of imidazole rings is 1. The van der Waals surface area contributed by atoms with Crippen molar-refractivity contribution in [3.05, 3.63) is 53.6 Å². The van der Waals surface area contributed by atoms with Crippen molar-refractivity contribution in [2.24, 2.45) is 0 Å². The summed E-state index contributed by atoms with van der Waals surface area (Å²) in [7, 11) is -3.59. The third kappa shape index (κ3) is 3.68. The Labute approximate surface area is 187 Å². The van der Waals surface area contributed by atoms with Crippen LogP contribution in [0.5, 0.6) is 0 Å². The van der Waals surface area contributed by atoms with Crippen molar-refractivity contribution in [3.63, 3.8) is 0 Å². The minimum atomic E-state index is -3.59. The fraction of sp³-hybridized carbons (Fsp3) is 0.435. The van der Waals surface area contributed by atoms with Crippen LogP contribution in [0.1, 0.15) is 24.7 Å². The average molecular weight is 459 g/mol. The standard InChI is InChI=1S/C23H27FN4O3S/c1-2-28-21-9-8-18(32(29,30)27-11-13-31-14-12-27)15-20(21)25-22(28)16-26-10-4-6-17-5-3-7-19(24)23(17)26/h3,5,7-9,15H,2,4,6,10-14,16H2,1H3. The highest BCUT2D eigenvalue weighted by molar-refractivity contribution is 7.89. The van der Waals surface area contributed by atoms with E-state index in [1.807, 2.05) is 24.0 Å². The molecular weight excluding hydrogens is 431 g/mol. The lowest BCUT2D eigenvalue weighted by molar-refractivity contribution is 0.0730. The molecule has 170 valence electrons. The van der Waals surface area contributed by atoms with Gasteiger partial charge in [0.1, 0.15) is 11.6 Å². The Hall–Kier alpha value is -2.49. The number of aromatic nitrogens is 2. The van der Waals surface area contributed by atoms with Crippen LogP contribution in [0.15, 0.2) is 41.3 Å². The molecule has 7 nitrogen and oxygen atoms in total. The van der Waals surface area contributed by atoms with E-state index in [0.717, 1.165) is 36.3 Å². The number of nitrogens with zero attached hydrogens (tertiary/aromatic N) is 4. The number of sulfonamides is 1. The van der Waals surface area contributed by atoms with Gasteiger partial charge in [-0.05, 0) is 49.6 Å². The molecule has 0 bridgehead atoms. The average Bonchev–Trinajstić information content (AvgIpc) is 3.16. The summed E-state index contributed by atoms with van der Waals surface area (Å²) in [5.74, 6) is 0.597. The molecule has 0 atom stereocenters. The van der Waals surface area contributed by atoms with Crippen molar-refractivity contribution in [2.75, 3.05) is 37.7 Å². The number of hydrogen-bond donors (Lipinski definition) is 0. The Morgan fingerprint density at radius 3 is 2.72 bits per heavy atom. The highest BCUT2D eigenvalue weighted by atomic mass is 32.2. The number of benzene rings is 2. The molecule has 0 amide bonds. The summed E-state index contributed by atoms with van der Waals surface area (Å²) in [6.07, 6.45) is 1.83. The SMILES string of the molecule is CCn1c(CN2CCCc3cccc(F)c32)nc2cc(S(=O)(=O)N3CCOCC3)ccc21. The first kappa shape index (κ1) is 21.4. The lowest BCUT2D eigenvalue weighted by Crippen LogP contribution is -2.40. The highest BCUT2D eigenvalue weighted by Crippen LogP contribution is 2.32. The monoisotopic (exact) mass is 458 g/mol. The van der Waals surface area contributed by atoms with Crippen LogP contribution in [-0.2, 0) is 34.3 Å². The molecule has 0 unspecified atom stereocenters. The van der Waals surface area contributed by atoms with E-state index in [9.17, 15) is 12.8 Å². The number of aryl methyl sites for hydroxylation is 2. The lowest BCUT2D eigenvalue weighted by atomic mass is 10.0. The van der Waals surface area contributed by atoms with Gasteiger partial charge in [-0.1, -0.05) is 12.1 Å². The fourth-order valence-electron chi connectivity index (χ4n) is 4.75. The van der Waals surface area contributed by atoms with Crippen LogP contribution < -0.4 is 4.90 Å². The molecule has 2 aliphatic rings. The molecule has 0 N–H and O–H groups in total. The van der Waals surface area contributed by atoms with Crippen LogP contribution in [0.2, 0.25) is 0 Å². The molecule has 9 heteroatoms. The van der Waals surface area contributed by atoms with Gasteiger partial charge in [-0.2, -0.15) is 4.31 Å². The van der Waals surface area contributed by atoms with Crippen LogP contribution in [0.4, 0.5) is 10.1 Å². The van der Waals surface area contributed by atoms with Crippen molar-refractivity contribution in [2.45, 2.75) is 37.8 Å². The Kier molecular flexibility index (Phi) is 5.65. The number of morpholine rings is 1. The normalized spacial score (nSPS) is 17.6. The zero-order valence-corrected chi connectivity index (χ0v) is 18.9. The maximum absolute atomic E-state index is 14.6. The van der Waals surface area contributed by atoms with Gasteiger partial charge in [0.2, 0.25) is 10.0 Å². The highest BCUT2D eigenvalue weighted by Gasteiger charge is 2.28. The molecule has 2 aliphatic heterocycles. The Morgan fingerprint density at radius 1 is 1.12 bits per heavy atom. The second kappa shape index (κ2) is 8.46. The molecular formula is C23H27FN4O3S. The maximum Gasteiger partial charge on any atom is 0.243 e. The predicted octanol–water partition coefficient (Wildman–Crippen LogP) is 3.17. The summed E-state index contributed by atoms with van der Waals surface area (Å²) in [6.45, 7) is 5.49. The third-order valence-corrected chi connectivity index (χ3v) is 8.21. The Balaban J connectivity index is 1.50. The van der Waals surface area contributed by atoms with E-state index in [2.05, 4.69) is 4.57 Å². The maximum atomic E-state index is 14.6. The van der Waals surface area contributed by atoms with E-state index in [4.69, 9.17) is 9.72 Å². The summed E-state index contributed by atoms with van der Waals surface area (Å²) in [6, 6.07) is 10.4. The fourth-order valence-corrected chi connectivity index (χ4v) is 6.17. The third-order valence-electron chi connectivity index (χ3n) is 6.32. The summed E-state index contributed by atoms with van der Waals surface area (Å²) >= 11 is 0. The second-order valence-electron chi connectivity index (χ2n) is 8.21. The molecule has 3 heterocycles. The number of anilines is 1. The molecule has 1 aromatic heterocycles. The van der Waals surface area contributed by atoms with E-state index in [0.29, 0.717) is 50.6 Å². The van der Waals surface area contributed by atoms with E-state index >= 15 is 0 Å². The van der Waals surface area contributed by atoms with Crippen molar-refractivity contribution >= 4 is 26.7 Å². The second-order valence-corrected chi connectivity index (χ2v) is 10.1. The van der Waals surface area contributed by atoms with Gasteiger partial charge in [-0.15, -0.1) is 0 Å². The van der Waals surface area contributed by atoms with E-state index in [1.54, 1.807) is 18.2 Å². The molecule has 1 saturated heterocycles. The molecule has 0 radical (unpaired) electrons. The summed E-state index contributed by atoms with van der Waals surface area (Å²) in [5, 5.41) is 0. The Bertz CT molecular complexity index is 1250. The van der Waals surface area contributed by atoms with Crippen molar-refractivity contribution in [3.8, 4) is 0 Å². The van der Waals surface area contributed by atoms with E-state index < -0.39 is 10.0 Å². The zero-order chi connectivity index (χ0) is 22.3.